The smallest absolute Gasteiger partial charge is 0.257 e. The molecule has 1 N–H and O–H groups in total. The minimum Gasteiger partial charge on any atom is -0.491 e. The molecule has 1 aromatic carbocycles. The van der Waals surface area contributed by atoms with Crippen LogP contribution in [0.1, 0.15) is 42.6 Å². The van der Waals surface area contributed by atoms with E-state index in [1.54, 1.807) is 43.5 Å². The number of aromatic nitrogens is 1. The van der Waals surface area contributed by atoms with Crippen molar-refractivity contribution in [2.75, 3.05) is 52.4 Å². The fourth-order valence-electron chi connectivity index (χ4n) is 5.08. The Hall–Kier alpha value is -3.01. The summed E-state index contributed by atoms with van der Waals surface area (Å²) in [5.74, 6) is 0.390. The molecule has 3 heterocycles. The highest BCUT2D eigenvalue weighted by Gasteiger charge is 2.29. The number of anilines is 1. The maximum absolute atomic E-state index is 13.5. The topological polar surface area (TPSA) is 93.2 Å². The first-order valence-corrected chi connectivity index (χ1v) is 13.4. The van der Waals surface area contributed by atoms with Gasteiger partial charge in [0.15, 0.2) is 0 Å². The SMILES string of the molecule is CO[C@@H]1CN(C)C(=O)c2ccc(NC(=O)C3CCOCC3)cc2OC[C@H](C)N(Cc2cccnc2)C[C@@H]1C. The number of fused-ring (bicyclic) bond motifs is 1. The lowest BCUT2D eigenvalue weighted by molar-refractivity contribution is -0.122. The van der Waals surface area contributed by atoms with Crippen LogP contribution in [0.2, 0.25) is 0 Å². The highest BCUT2D eigenvalue weighted by atomic mass is 16.5. The molecule has 9 heteroatoms. The van der Waals surface area contributed by atoms with Crippen LogP contribution in [0.4, 0.5) is 5.69 Å². The quantitative estimate of drug-likeness (QED) is 0.640. The van der Waals surface area contributed by atoms with Crippen LogP contribution in [0.3, 0.4) is 0 Å². The van der Waals surface area contributed by atoms with E-state index in [1.165, 1.54) is 0 Å². The van der Waals surface area contributed by atoms with Crippen LogP contribution in [0, 0.1) is 11.8 Å². The third kappa shape index (κ3) is 7.09. The van der Waals surface area contributed by atoms with Gasteiger partial charge in [0.25, 0.3) is 5.91 Å². The molecule has 0 radical (unpaired) electrons. The number of amides is 2. The summed E-state index contributed by atoms with van der Waals surface area (Å²) < 4.78 is 17.5. The summed E-state index contributed by atoms with van der Waals surface area (Å²) in [5.41, 5.74) is 2.20. The van der Waals surface area contributed by atoms with Crippen LogP contribution in [0.25, 0.3) is 0 Å². The van der Waals surface area contributed by atoms with E-state index in [0.717, 1.165) is 18.7 Å². The second-order valence-electron chi connectivity index (χ2n) is 10.5. The van der Waals surface area contributed by atoms with Crippen molar-refractivity contribution in [1.29, 1.82) is 0 Å². The number of ether oxygens (including phenoxy) is 3. The van der Waals surface area contributed by atoms with Crippen molar-refractivity contribution in [3.05, 3.63) is 53.9 Å². The number of nitrogens with zero attached hydrogens (tertiary/aromatic N) is 3. The average molecular weight is 525 g/mol. The number of carbonyl (C=O) groups excluding carboxylic acids is 2. The molecule has 38 heavy (non-hydrogen) atoms. The molecule has 0 saturated carbocycles. The van der Waals surface area contributed by atoms with Gasteiger partial charge in [-0.2, -0.15) is 0 Å². The highest BCUT2D eigenvalue weighted by molar-refractivity contribution is 5.98. The third-order valence-corrected chi connectivity index (χ3v) is 7.54. The van der Waals surface area contributed by atoms with Crippen LogP contribution in [-0.2, 0) is 20.8 Å². The highest BCUT2D eigenvalue weighted by Crippen LogP contribution is 2.28. The van der Waals surface area contributed by atoms with Crippen molar-refractivity contribution in [3.63, 3.8) is 0 Å². The Bertz CT molecular complexity index is 1080. The Morgan fingerprint density at radius 2 is 1.97 bits per heavy atom. The zero-order chi connectivity index (χ0) is 27.1. The third-order valence-electron chi connectivity index (χ3n) is 7.54. The molecule has 2 aromatic rings. The van der Waals surface area contributed by atoms with Crippen LogP contribution < -0.4 is 10.1 Å². The maximum Gasteiger partial charge on any atom is 0.257 e. The van der Waals surface area contributed by atoms with Crippen LogP contribution in [0.15, 0.2) is 42.7 Å². The molecular weight excluding hydrogens is 484 g/mol. The van der Waals surface area contributed by atoms with Crippen LogP contribution >= 0.6 is 0 Å². The first-order chi connectivity index (χ1) is 18.4. The molecule has 3 atom stereocenters. The fraction of sp³-hybridized carbons (Fsp3) is 0.552. The fourth-order valence-corrected chi connectivity index (χ4v) is 5.08. The van der Waals surface area contributed by atoms with E-state index in [-0.39, 0.29) is 35.8 Å². The lowest BCUT2D eigenvalue weighted by atomic mass is 9.99. The van der Waals surface area contributed by atoms with Gasteiger partial charge in [0.05, 0.1) is 11.7 Å². The molecule has 2 aliphatic heterocycles. The van der Waals surface area contributed by atoms with Gasteiger partial charge in [0.2, 0.25) is 5.91 Å². The van der Waals surface area contributed by atoms with E-state index in [1.807, 2.05) is 12.3 Å². The first kappa shape index (κ1) is 28.0. The summed E-state index contributed by atoms with van der Waals surface area (Å²) in [6.45, 7) is 7.81. The van der Waals surface area contributed by atoms with E-state index < -0.39 is 0 Å². The molecule has 1 saturated heterocycles. The van der Waals surface area contributed by atoms with Gasteiger partial charge < -0.3 is 24.4 Å². The van der Waals surface area contributed by atoms with Gasteiger partial charge in [-0.05, 0) is 49.4 Å². The van der Waals surface area contributed by atoms with Gasteiger partial charge in [0, 0.05) is 83.1 Å². The van der Waals surface area contributed by atoms with Crippen LogP contribution in [0.5, 0.6) is 5.75 Å². The zero-order valence-electron chi connectivity index (χ0n) is 22.9. The molecule has 0 unspecified atom stereocenters. The second-order valence-corrected chi connectivity index (χ2v) is 10.5. The minimum absolute atomic E-state index is 0.0298. The van der Waals surface area contributed by atoms with E-state index in [0.29, 0.717) is 56.2 Å². The number of hydrogen-bond donors (Lipinski definition) is 1. The van der Waals surface area contributed by atoms with Crippen LogP contribution in [-0.4, -0.2) is 85.8 Å². The van der Waals surface area contributed by atoms with Crippen molar-refractivity contribution in [2.24, 2.45) is 11.8 Å². The molecule has 0 bridgehead atoms. The number of rotatable bonds is 5. The van der Waals surface area contributed by atoms with Crippen molar-refractivity contribution < 1.29 is 23.8 Å². The summed E-state index contributed by atoms with van der Waals surface area (Å²) in [7, 11) is 3.48. The van der Waals surface area contributed by atoms with Crippen molar-refractivity contribution >= 4 is 17.5 Å². The molecule has 9 nitrogen and oxygen atoms in total. The maximum atomic E-state index is 13.5. The lowest BCUT2D eigenvalue weighted by Crippen LogP contribution is -2.46. The lowest BCUT2D eigenvalue weighted by Gasteiger charge is -2.36. The number of carbonyl (C=O) groups is 2. The number of methoxy groups -OCH3 is 1. The summed E-state index contributed by atoms with van der Waals surface area (Å²) in [5, 5.41) is 3.01. The molecular formula is C29H40N4O5. The van der Waals surface area contributed by atoms with Gasteiger partial charge in [-0.3, -0.25) is 19.5 Å². The normalized spacial score (nSPS) is 24.1. The van der Waals surface area contributed by atoms with E-state index in [2.05, 4.69) is 35.1 Å². The van der Waals surface area contributed by atoms with Gasteiger partial charge in [-0.1, -0.05) is 13.0 Å². The molecule has 2 amide bonds. The Labute approximate surface area is 225 Å². The molecule has 0 spiro atoms. The molecule has 1 fully saturated rings. The van der Waals surface area contributed by atoms with E-state index in [9.17, 15) is 9.59 Å². The molecule has 0 aliphatic carbocycles. The van der Waals surface area contributed by atoms with Crippen molar-refractivity contribution in [3.8, 4) is 5.75 Å². The van der Waals surface area contributed by atoms with Crippen molar-refractivity contribution in [2.45, 2.75) is 45.4 Å². The summed E-state index contributed by atoms with van der Waals surface area (Å²) in [6, 6.07) is 9.34. The van der Waals surface area contributed by atoms with Gasteiger partial charge in [-0.15, -0.1) is 0 Å². The summed E-state index contributed by atoms with van der Waals surface area (Å²) >= 11 is 0. The minimum atomic E-state index is -0.142. The van der Waals surface area contributed by atoms with Gasteiger partial charge in [-0.25, -0.2) is 0 Å². The molecule has 4 rings (SSSR count). The molecule has 206 valence electrons. The Morgan fingerprint density at radius 1 is 1.18 bits per heavy atom. The zero-order valence-corrected chi connectivity index (χ0v) is 22.9. The Balaban J connectivity index is 1.59. The summed E-state index contributed by atoms with van der Waals surface area (Å²) in [6.07, 6.45) is 4.95. The average Bonchev–Trinajstić information content (AvgIpc) is 2.94. The number of hydrogen-bond acceptors (Lipinski definition) is 7. The number of pyridine rings is 1. The van der Waals surface area contributed by atoms with Gasteiger partial charge in [0.1, 0.15) is 12.4 Å². The monoisotopic (exact) mass is 524 g/mol. The largest absolute Gasteiger partial charge is 0.491 e. The second kappa shape index (κ2) is 13.2. The summed E-state index contributed by atoms with van der Waals surface area (Å²) in [4.78, 5) is 34.6. The Kier molecular flexibility index (Phi) is 9.71. The number of likely N-dealkylation sites (N-methyl/N-ethyl adjacent to an activating group) is 1. The van der Waals surface area contributed by atoms with E-state index >= 15 is 0 Å². The number of nitrogens with one attached hydrogen (secondary N) is 1. The Morgan fingerprint density at radius 3 is 2.68 bits per heavy atom. The first-order valence-electron chi connectivity index (χ1n) is 13.4. The number of benzene rings is 1. The van der Waals surface area contributed by atoms with Crippen molar-refractivity contribution in [1.82, 2.24) is 14.8 Å². The molecule has 1 aromatic heterocycles. The predicted molar refractivity (Wildman–Crippen MR) is 145 cm³/mol. The van der Waals surface area contributed by atoms with E-state index in [4.69, 9.17) is 14.2 Å². The molecule has 2 aliphatic rings. The predicted octanol–water partition coefficient (Wildman–Crippen LogP) is 3.45. The van der Waals surface area contributed by atoms with Gasteiger partial charge >= 0.3 is 0 Å². The standard InChI is InChI=1S/C29H40N4O5/c1-20-16-33(17-22-6-5-11-30-15-22)21(2)19-38-26-14-24(31-28(34)23-9-12-37-13-10-23)7-8-25(26)29(35)32(3)18-27(20)36-4/h5-8,11,14-15,20-21,23,27H,9-10,12-13,16-19H2,1-4H3,(H,31,34)/t20-,21-,27+/m0/s1.